The van der Waals surface area contributed by atoms with Crippen LogP contribution in [0.5, 0.6) is 0 Å². The van der Waals surface area contributed by atoms with Crippen molar-refractivity contribution in [2.45, 2.75) is 62.7 Å². The minimum Gasteiger partial charge on any atom is -0.450 e. The molecule has 0 saturated carbocycles. The van der Waals surface area contributed by atoms with Crippen molar-refractivity contribution in [3.8, 4) is 0 Å². The molecule has 0 aliphatic carbocycles. The number of pyridine rings is 2. The van der Waals surface area contributed by atoms with Crippen LogP contribution in [0, 0.1) is 0 Å². The Kier molecular flexibility index (Phi) is 19.1. The number of amides is 2. The van der Waals surface area contributed by atoms with Crippen molar-refractivity contribution in [3.05, 3.63) is 48.8 Å². The Morgan fingerprint density at radius 1 is 0.750 bits per heavy atom. The quantitative estimate of drug-likeness (QED) is 0.188. The summed E-state index contributed by atoms with van der Waals surface area (Å²) in [5.41, 5.74) is 0. The van der Waals surface area contributed by atoms with Crippen LogP contribution in [0.4, 0.5) is 9.59 Å². The monoisotopic (exact) mass is 572 g/mol. The third kappa shape index (κ3) is 19.4. The second-order valence-electron chi connectivity index (χ2n) is 7.72. The average molecular weight is 573 g/mol. The summed E-state index contributed by atoms with van der Waals surface area (Å²) in [5, 5.41) is 7.35. The molecule has 200 valence electrons. The van der Waals surface area contributed by atoms with Crippen molar-refractivity contribution < 1.29 is 19.1 Å². The van der Waals surface area contributed by atoms with Gasteiger partial charge in [0.1, 0.15) is 10.1 Å². The molecule has 8 nitrogen and oxygen atoms in total. The number of nitrogens with zero attached hydrogens (tertiary/aromatic N) is 2. The fourth-order valence-corrected chi connectivity index (χ4v) is 6.00. The van der Waals surface area contributed by atoms with Crippen molar-refractivity contribution in [1.82, 2.24) is 20.6 Å². The molecule has 0 spiro atoms. The molecule has 0 atom stereocenters. The van der Waals surface area contributed by atoms with E-state index in [2.05, 4.69) is 20.6 Å². The summed E-state index contributed by atoms with van der Waals surface area (Å²) >= 11 is 0. The lowest BCUT2D eigenvalue weighted by atomic mass is 10.4. The van der Waals surface area contributed by atoms with Crippen LogP contribution in [0.15, 0.2) is 58.8 Å². The Hall–Kier alpha value is -1.76. The molecule has 2 aromatic rings. The van der Waals surface area contributed by atoms with Crippen molar-refractivity contribution in [1.29, 1.82) is 0 Å². The van der Waals surface area contributed by atoms with Crippen LogP contribution < -0.4 is 10.6 Å². The fourth-order valence-electron chi connectivity index (χ4n) is 2.12. The van der Waals surface area contributed by atoms with Gasteiger partial charge in [-0.15, -0.1) is 0 Å². The van der Waals surface area contributed by atoms with Gasteiger partial charge < -0.3 is 20.1 Å². The molecule has 0 unspecified atom stereocenters. The zero-order chi connectivity index (χ0) is 26.4. The van der Waals surface area contributed by atoms with Crippen LogP contribution in [0.3, 0.4) is 0 Å². The zero-order valence-corrected chi connectivity index (χ0v) is 24.4. The Morgan fingerprint density at radius 3 is 1.50 bits per heavy atom. The third-order valence-electron chi connectivity index (χ3n) is 3.59. The minimum atomic E-state index is -0.340. The second-order valence-corrected chi connectivity index (χ2v) is 12.6. The maximum Gasteiger partial charge on any atom is 0.407 e. The second kappa shape index (κ2) is 21.3. The summed E-state index contributed by atoms with van der Waals surface area (Å²) in [7, 11) is 6.71. The molecule has 12 heteroatoms. The van der Waals surface area contributed by atoms with Gasteiger partial charge in [0, 0.05) is 36.0 Å². The molecule has 0 fully saturated rings. The van der Waals surface area contributed by atoms with Crippen molar-refractivity contribution in [3.63, 3.8) is 0 Å². The Balaban J connectivity index is 0.000000360. The van der Waals surface area contributed by atoms with Gasteiger partial charge in [-0.1, -0.05) is 33.7 Å². The van der Waals surface area contributed by atoms with Crippen molar-refractivity contribution in [2.75, 3.05) is 24.7 Å². The molecule has 0 aliphatic heterocycles. The van der Waals surface area contributed by atoms with Gasteiger partial charge in [0.05, 0.1) is 13.2 Å². The molecule has 2 heterocycles. The highest BCUT2D eigenvalue weighted by Gasteiger charge is 2.04. The molecule has 2 N–H and O–H groups in total. The van der Waals surface area contributed by atoms with Gasteiger partial charge in [0.25, 0.3) is 0 Å². The standard InChI is InChI=1S/2C12H18N2O2S2/c2*1-10(2)14-12(15)16-8-5-9-17-18-11-6-3-4-7-13-11/h2*3-4,6-7,10H,5,8-9H2,1-2H3,(H,14,15). The first-order valence-electron chi connectivity index (χ1n) is 11.6. The van der Waals surface area contributed by atoms with E-state index in [1.807, 2.05) is 64.1 Å². The summed E-state index contributed by atoms with van der Waals surface area (Å²) in [6, 6.07) is 11.9. The number of hydrogen-bond donors (Lipinski definition) is 2. The van der Waals surface area contributed by atoms with Crippen LogP contribution in [-0.2, 0) is 9.47 Å². The zero-order valence-electron chi connectivity index (χ0n) is 21.2. The van der Waals surface area contributed by atoms with Crippen LogP contribution in [0.25, 0.3) is 0 Å². The number of aromatic nitrogens is 2. The topological polar surface area (TPSA) is 102 Å². The SMILES string of the molecule is CC(C)NC(=O)OCCCSSc1ccccn1.CC(C)NC(=O)OCCCSSc1ccccn1. The van der Waals surface area contributed by atoms with Crippen LogP contribution >= 0.6 is 43.2 Å². The maximum atomic E-state index is 11.2. The lowest BCUT2D eigenvalue weighted by molar-refractivity contribution is 0.143. The summed E-state index contributed by atoms with van der Waals surface area (Å²) in [5.74, 6) is 1.85. The smallest absolute Gasteiger partial charge is 0.407 e. The molecule has 2 rings (SSSR count). The number of ether oxygens (including phenoxy) is 2. The fraction of sp³-hybridized carbons (Fsp3) is 0.500. The predicted molar refractivity (Wildman–Crippen MR) is 154 cm³/mol. The molecular formula is C24H36N4O4S4. The van der Waals surface area contributed by atoms with E-state index >= 15 is 0 Å². The molecule has 2 aromatic heterocycles. The highest BCUT2D eigenvalue weighted by molar-refractivity contribution is 8.77. The van der Waals surface area contributed by atoms with E-state index in [9.17, 15) is 9.59 Å². The predicted octanol–water partition coefficient (Wildman–Crippen LogP) is 6.69. The van der Waals surface area contributed by atoms with Crippen molar-refractivity contribution >= 4 is 55.4 Å². The highest BCUT2D eigenvalue weighted by atomic mass is 33.1. The van der Waals surface area contributed by atoms with E-state index in [1.165, 1.54) is 0 Å². The van der Waals surface area contributed by atoms with Crippen LogP contribution in [0.1, 0.15) is 40.5 Å². The Labute approximate surface area is 230 Å². The van der Waals surface area contributed by atoms with E-state index in [-0.39, 0.29) is 24.3 Å². The number of hydrogen-bond acceptors (Lipinski definition) is 10. The van der Waals surface area contributed by atoms with E-state index in [4.69, 9.17) is 9.47 Å². The summed E-state index contributed by atoms with van der Waals surface area (Å²) in [6.45, 7) is 8.52. The number of alkyl carbamates (subject to hydrolysis) is 2. The van der Waals surface area contributed by atoms with Crippen LogP contribution in [0.2, 0.25) is 0 Å². The van der Waals surface area contributed by atoms with E-state index in [0.717, 1.165) is 34.4 Å². The third-order valence-corrected chi connectivity index (χ3v) is 8.29. The van der Waals surface area contributed by atoms with Gasteiger partial charge >= 0.3 is 12.2 Å². The van der Waals surface area contributed by atoms with E-state index < -0.39 is 0 Å². The molecule has 0 aromatic carbocycles. The van der Waals surface area contributed by atoms with Gasteiger partial charge in [-0.05, 0) is 86.4 Å². The summed E-state index contributed by atoms with van der Waals surface area (Å²) in [4.78, 5) is 30.7. The summed E-state index contributed by atoms with van der Waals surface area (Å²) in [6.07, 6.45) is 4.57. The minimum absolute atomic E-state index is 0.117. The molecule has 2 amide bonds. The number of carbonyl (C=O) groups is 2. The molecule has 0 bridgehead atoms. The molecule has 0 aliphatic rings. The Morgan fingerprint density at radius 2 is 1.17 bits per heavy atom. The van der Waals surface area contributed by atoms with Gasteiger partial charge in [-0.2, -0.15) is 0 Å². The van der Waals surface area contributed by atoms with Crippen LogP contribution in [-0.4, -0.2) is 59.0 Å². The van der Waals surface area contributed by atoms with E-state index in [0.29, 0.717) is 13.2 Å². The normalized spacial score (nSPS) is 10.4. The lowest BCUT2D eigenvalue weighted by Crippen LogP contribution is -2.30. The first-order valence-corrected chi connectivity index (χ1v) is 16.3. The van der Waals surface area contributed by atoms with Gasteiger partial charge in [-0.25, -0.2) is 19.6 Å². The first-order chi connectivity index (χ1) is 17.4. The van der Waals surface area contributed by atoms with Crippen molar-refractivity contribution in [2.24, 2.45) is 0 Å². The lowest BCUT2D eigenvalue weighted by Gasteiger charge is -2.08. The van der Waals surface area contributed by atoms with Gasteiger partial charge in [-0.3, -0.25) is 0 Å². The number of nitrogens with one attached hydrogen (secondary N) is 2. The largest absolute Gasteiger partial charge is 0.450 e. The van der Waals surface area contributed by atoms with E-state index in [1.54, 1.807) is 55.6 Å². The highest BCUT2D eigenvalue weighted by Crippen LogP contribution is 2.29. The number of carbonyl (C=O) groups excluding carboxylic acids is 2. The number of rotatable bonds is 14. The van der Waals surface area contributed by atoms with Gasteiger partial charge in [0.15, 0.2) is 0 Å². The molecule has 0 radical (unpaired) electrons. The average Bonchev–Trinajstić information content (AvgIpc) is 2.84. The molecular weight excluding hydrogens is 537 g/mol. The molecule has 0 saturated heterocycles. The molecule has 36 heavy (non-hydrogen) atoms. The summed E-state index contributed by atoms with van der Waals surface area (Å²) < 4.78 is 10.0. The first kappa shape index (κ1) is 32.3. The van der Waals surface area contributed by atoms with Gasteiger partial charge in [0.2, 0.25) is 0 Å². The Bertz CT molecular complexity index is 764. The maximum absolute atomic E-state index is 11.2.